The van der Waals surface area contributed by atoms with Gasteiger partial charge >= 0.3 is 0 Å². The van der Waals surface area contributed by atoms with Crippen LogP contribution in [0.1, 0.15) is 63.0 Å². The molecular weight excluding hydrogens is 398 g/mol. The number of hydrogen-bond donors (Lipinski definition) is 3. The fourth-order valence-corrected chi connectivity index (χ4v) is 4.60. The van der Waals surface area contributed by atoms with Crippen molar-refractivity contribution in [3.05, 3.63) is 94.4 Å². The Bertz CT molecular complexity index is 1270. The minimum Gasteiger partial charge on any atom is -0.361 e. The van der Waals surface area contributed by atoms with E-state index < -0.39 is 6.04 Å². The number of ketones is 2. The summed E-state index contributed by atoms with van der Waals surface area (Å²) in [6.07, 6.45) is 2.06. The average molecular weight is 428 g/mol. The van der Waals surface area contributed by atoms with Gasteiger partial charge in [-0.05, 0) is 50.5 Å². The van der Waals surface area contributed by atoms with Crippen molar-refractivity contribution < 1.29 is 9.59 Å². The fraction of sp³-hybridized carbons (Fsp3) is 0.259. The smallest absolute Gasteiger partial charge is 0.195 e. The summed E-state index contributed by atoms with van der Waals surface area (Å²) in [6.45, 7) is 7.68. The molecule has 0 amide bonds. The maximum Gasteiger partial charge on any atom is 0.195 e. The number of Topliss-reactive ketones (excluding diaryl/α,β-unsaturated/α-hetero) is 2. The SMILES string of the molecule is CC(=O)c1c(C)[nH]c(C(=O)C(C)NCC(c2ccccc2)c2c[nH]c3ccccc23)c1C. The second-order valence-electron chi connectivity index (χ2n) is 8.43. The average Bonchev–Trinajstić information content (AvgIpc) is 3.34. The van der Waals surface area contributed by atoms with Crippen LogP contribution in [0, 0.1) is 13.8 Å². The maximum atomic E-state index is 13.2. The van der Waals surface area contributed by atoms with Gasteiger partial charge in [0.15, 0.2) is 11.6 Å². The summed E-state index contributed by atoms with van der Waals surface area (Å²) >= 11 is 0. The van der Waals surface area contributed by atoms with E-state index in [2.05, 4.69) is 45.7 Å². The Morgan fingerprint density at radius 3 is 2.38 bits per heavy atom. The predicted octanol–water partition coefficient (Wildman–Crippen LogP) is 5.31. The van der Waals surface area contributed by atoms with Gasteiger partial charge in [0.1, 0.15) is 0 Å². The third kappa shape index (κ3) is 4.04. The molecule has 0 aliphatic carbocycles. The second-order valence-corrected chi connectivity index (χ2v) is 8.43. The number of nitrogens with one attached hydrogen (secondary N) is 3. The van der Waals surface area contributed by atoms with Crippen molar-refractivity contribution in [2.45, 2.75) is 39.7 Å². The van der Waals surface area contributed by atoms with Crippen LogP contribution in [0.2, 0.25) is 0 Å². The molecule has 0 fully saturated rings. The van der Waals surface area contributed by atoms with E-state index in [9.17, 15) is 9.59 Å². The first kappa shape index (κ1) is 21.8. The van der Waals surface area contributed by atoms with Gasteiger partial charge in [-0.25, -0.2) is 0 Å². The van der Waals surface area contributed by atoms with Crippen LogP contribution >= 0.6 is 0 Å². The minimum atomic E-state index is -0.400. The number of carbonyl (C=O) groups excluding carboxylic acids is 2. The lowest BCUT2D eigenvalue weighted by Crippen LogP contribution is -2.37. The molecule has 5 nitrogen and oxygen atoms in total. The summed E-state index contributed by atoms with van der Waals surface area (Å²) in [5.41, 5.74) is 6.08. The van der Waals surface area contributed by atoms with E-state index in [0.29, 0.717) is 17.8 Å². The number of benzene rings is 2. The summed E-state index contributed by atoms with van der Waals surface area (Å²) in [5.74, 6) is 0.0186. The van der Waals surface area contributed by atoms with Crippen molar-refractivity contribution in [2.24, 2.45) is 0 Å². The minimum absolute atomic E-state index is 0.0283. The Morgan fingerprint density at radius 1 is 1.00 bits per heavy atom. The normalized spacial score (nSPS) is 13.2. The Hall–Kier alpha value is -3.44. The molecular formula is C27H29N3O2. The number of para-hydroxylation sites is 1. The third-order valence-electron chi connectivity index (χ3n) is 6.26. The quantitative estimate of drug-likeness (QED) is 0.334. The van der Waals surface area contributed by atoms with Crippen LogP contribution < -0.4 is 5.32 Å². The zero-order valence-corrected chi connectivity index (χ0v) is 19.0. The highest BCUT2D eigenvalue weighted by molar-refractivity contribution is 6.05. The molecule has 0 radical (unpaired) electrons. The van der Waals surface area contributed by atoms with E-state index in [4.69, 9.17) is 0 Å². The van der Waals surface area contributed by atoms with Gasteiger partial charge < -0.3 is 15.3 Å². The molecule has 0 spiro atoms. The van der Waals surface area contributed by atoms with Gasteiger partial charge in [-0.3, -0.25) is 9.59 Å². The van der Waals surface area contributed by atoms with E-state index in [0.717, 1.165) is 16.8 Å². The van der Waals surface area contributed by atoms with Crippen molar-refractivity contribution in [1.82, 2.24) is 15.3 Å². The molecule has 164 valence electrons. The molecule has 0 aliphatic rings. The molecule has 4 rings (SSSR count). The highest BCUT2D eigenvalue weighted by Gasteiger charge is 2.25. The number of rotatable bonds is 8. The van der Waals surface area contributed by atoms with Gasteiger partial charge in [0, 0.05) is 40.8 Å². The maximum absolute atomic E-state index is 13.2. The number of aryl methyl sites for hydroxylation is 1. The summed E-state index contributed by atoms with van der Waals surface area (Å²) in [6, 6.07) is 18.2. The zero-order valence-electron chi connectivity index (χ0n) is 19.0. The molecule has 2 unspecified atom stereocenters. The summed E-state index contributed by atoms with van der Waals surface area (Å²) in [5, 5.41) is 4.63. The molecule has 0 saturated carbocycles. The third-order valence-corrected chi connectivity index (χ3v) is 6.26. The van der Waals surface area contributed by atoms with Gasteiger partial charge in [0.2, 0.25) is 0 Å². The van der Waals surface area contributed by atoms with E-state index in [-0.39, 0.29) is 17.5 Å². The van der Waals surface area contributed by atoms with Crippen LogP contribution in [0.15, 0.2) is 60.8 Å². The van der Waals surface area contributed by atoms with Crippen LogP contribution in [-0.2, 0) is 0 Å². The molecule has 2 heterocycles. The van der Waals surface area contributed by atoms with Gasteiger partial charge in [-0.15, -0.1) is 0 Å². The Kier molecular flexibility index (Phi) is 6.10. The topological polar surface area (TPSA) is 77.8 Å². The van der Waals surface area contributed by atoms with Gasteiger partial charge in [-0.1, -0.05) is 48.5 Å². The number of aromatic amines is 2. The van der Waals surface area contributed by atoms with Crippen molar-refractivity contribution in [3.8, 4) is 0 Å². The Labute approximate surface area is 188 Å². The molecule has 2 atom stereocenters. The molecule has 32 heavy (non-hydrogen) atoms. The number of aromatic nitrogens is 2. The van der Waals surface area contributed by atoms with Crippen molar-refractivity contribution in [1.29, 1.82) is 0 Å². The van der Waals surface area contributed by atoms with Gasteiger partial charge in [0.05, 0.1) is 11.7 Å². The van der Waals surface area contributed by atoms with Crippen LogP contribution in [0.25, 0.3) is 10.9 Å². The first-order valence-electron chi connectivity index (χ1n) is 11.0. The monoisotopic (exact) mass is 427 g/mol. The Morgan fingerprint density at radius 2 is 1.69 bits per heavy atom. The highest BCUT2D eigenvalue weighted by atomic mass is 16.1. The van der Waals surface area contributed by atoms with Crippen molar-refractivity contribution in [2.75, 3.05) is 6.54 Å². The molecule has 0 saturated heterocycles. The van der Waals surface area contributed by atoms with Gasteiger partial charge in [-0.2, -0.15) is 0 Å². The van der Waals surface area contributed by atoms with E-state index in [1.165, 1.54) is 23.4 Å². The van der Waals surface area contributed by atoms with Crippen molar-refractivity contribution >= 4 is 22.5 Å². The largest absolute Gasteiger partial charge is 0.361 e. The summed E-state index contributed by atoms with van der Waals surface area (Å²) in [4.78, 5) is 31.6. The molecule has 5 heteroatoms. The number of hydrogen-bond acceptors (Lipinski definition) is 3. The Balaban J connectivity index is 1.60. The van der Waals surface area contributed by atoms with Crippen LogP contribution in [0.5, 0.6) is 0 Å². The number of carbonyl (C=O) groups is 2. The van der Waals surface area contributed by atoms with Crippen LogP contribution in [0.3, 0.4) is 0 Å². The van der Waals surface area contributed by atoms with E-state index in [1.54, 1.807) is 0 Å². The van der Waals surface area contributed by atoms with Gasteiger partial charge in [0.25, 0.3) is 0 Å². The van der Waals surface area contributed by atoms with Crippen LogP contribution in [0.4, 0.5) is 0 Å². The lowest BCUT2D eigenvalue weighted by Gasteiger charge is -2.21. The summed E-state index contributed by atoms with van der Waals surface area (Å²) in [7, 11) is 0. The number of H-pyrrole nitrogens is 2. The number of fused-ring (bicyclic) bond motifs is 1. The molecule has 0 aliphatic heterocycles. The first-order chi connectivity index (χ1) is 15.4. The first-order valence-corrected chi connectivity index (χ1v) is 11.0. The predicted molar refractivity (Wildman–Crippen MR) is 129 cm³/mol. The lowest BCUT2D eigenvalue weighted by atomic mass is 9.90. The zero-order chi connectivity index (χ0) is 22.8. The van der Waals surface area contributed by atoms with E-state index >= 15 is 0 Å². The highest BCUT2D eigenvalue weighted by Crippen LogP contribution is 2.30. The standard InChI is InChI=1S/C27H29N3O2/c1-16-25(19(4)31)17(2)30-26(16)27(32)18(3)28-14-22(20-10-6-5-7-11-20)23-15-29-24-13-9-8-12-21(23)24/h5-13,15,18,22,28-30H,14H2,1-4H3. The van der Waals surface area contributed by atoms with Crippen LogP contribution in [-0.4, -0.2) is 34.1 Å². The molecule has 2 aromatic heterocycles. The summed E-state index contributed by atoms with van der Waals surface area (Å²) < 4.78 is 0. The fourth-order valence-electron chi connectivity index (χ4n) is 4.60. The molecule has 3 N–H and O–H groups in total. The molecule has 2 aromatic carbocycles. The lowest BCUT2D eigenvalue weighted by molar-refractivity contribution is 0.0945. The second kappa shape index (κ2) is 8.97. The van der Waals surface area contributed by atoms with Crippen molar-refractivity contribution in [3.63, 3.8) is 0 Å². The van der Waals surface area contributed by atoms with E-state index in [1.807, 2.05) is 51.1 Å². The molecule has 4 aromatic rings. The molecule has 0 bridgehead atoms.